The van der Waals surface area contributed by atoms with Crippen molar-refractivity contribution in [1.82, 2.24) is 14.9 Å². The fourth-order valence-electron chi connectivity index (χ4n) is 3.28. The molecule has 1 amide bonds. The lowest BCUT2D eigenvalue weighted by molar-refractivity contribution is -0.137. The Bertz CT molecular complexity index is 509. The van der Waals surface area contributed by atoms with Crippen LogP contribution in [-0.2, 0) is 4.79 Å². The largest absolute Gasteiger partial charge is 0.474 e. The molecule has 1 aromatic rings. The molecule has 2 heterocycles. The lowest BCUT2D eigenvalue weighted by Gasteiger charge is -2.33. The molecule has 0 aromatic carbocycles. The van der Waals surface area contributed by atoms with Crippen molar-refractivity contribution >= 4 is 5.91 Å². The van der Waals surface area contributed by atoms with E-state index in [9.17, 15) is 4.79 Å². The van der Waals surface area contributed by atoms with Crippen molar-refractivity contribution in [2.45, 2.75) is 44.6 Å². The van der Waals surface area contributed by atoms with E-state index in [0.29, 0.717) is 17.8 Å². The van der Waals surface area contributed by atoms with Crippen LogP contribution in [0.5, 0.6) is 11.9 Å². The number of piperidine rings is 1. The molecule has 0 radical (unpaired) electrons. The van der Waals surface area contributed by atoms with Crippen LogP contribution in [0.15, 0.2) is 12.3 Å². The summed E-state index contributed by atoms with van der Waals surface area (Å²) in [6, 6.07) is 2.05. The number of ether oxygens (including phenoxy) is 2. The molecule has 120 valence electrons. The number of amides is 1. The molecule has 2 aliphatic rings. The number of nitrogens with zero attached hydrogens (tertiary/aromatic N) is 3. The van der Waals surface area contributed by atoms with Crippen molar-refractivity contribution in [3.05, 3.63) is 12.3 Å². The Labute approximate surface area is 130 Å². The van der Waals surface area contributed by atoms with Crippen LogP contribution in [0.4, 0.5) is 0 Å². The minimum Gasteiger partial charge on any atom is -0.474 e. The zero-order valence-corrected chi connectivity index (χ0v) is 13.0. The highest BCUT2D eigenvalue weighted by Crippen LogP contribution is 2.28. The standard InChI is InChI=1S/C16H23N3O3/c1-21-16-17-9-6-14(18-16)22-13-7-10-19(11-8-13)15(20)12-4-2-3-5-12/h6,9,12-13H,2-5,7-8,10-11H2,1H3. The Morgan fingerprint density at radius 3 is 2.64 bits per heavy atom. The van der Waals surface area contributed by atoms with E-state index in [0.717, 1.165) is 38.8 Å². The van der Waals surface area contributed by atoms with E-state index in [1.807, 2.05) is 4.90 Å². The maximum atomic E-state index is 12.4. The van der Waals surface area contributed by atoms with Crippen molar-refractivity contribution in [3.63, 3.8) is 0 Å². The molecule has 3 rings (SSSR count). The van der Waals surface area contributed by atoms with Crippen LogP contribution < -0.4 is 9.47 Å². The van der Waals surface area contributed by atoms with Crippen molar-refractivity contribution in [1.29, 1.82) is 0 Å². The van der Waals surface area contributed by atoms with Gasteiger partial charge in [0.05, 0.1) is 7.11 Å². The summed E-state index contributed by atoms with van der Waals surface area (Å²) in [5, 5.41) is 0. The molecule has 0 spiro atoms. The predicted octanol–water partition coefficient (Wildman–Crippen LogP) is 2.05. The molecular weight excluding hydrogens is 282 g/mol. The van der Waals surface area contributed by atoms with Crippen molar-refractivity contribution in [3.8, 4) is 11.9 Å². The van der Waals surface area contributed by atoms with Crippen LogP contribution >= 0.6 is 0 Å². The third-order valence-corrected chi connectivity index (χ3v) is 4.54. The van der Waals surface area contributed by atoms with Gasteiger partial charge in [-0.15, -0.1) is 0 Å². The molecular formula is C16H23N3O3. The van der Waals surface area contributed by atoms with Crippen molar-refractivity contribution < 1.29 is 14.3 Å². The summed E-state index contributed by atoms with van der Waals surface area (Å²) < 4.78 is 10.9. The fourth-order valence-corrected chi connectivity index (χ4v) is 3.28. The van der Waals surface area contributed by atoms with E-state index in [4.69, 9.17) is 9.47 Å². The highest BCUT2D eigenvalue weighted by molar-refractivity contribution is 5.79. The van der Waals surface area contributed by atoms with E-state index in [2.05, 4.69) is 9.97 Å². The number of hydrogen-bond acceptors (Lipinski definition) is 5. The topological polar surface area (TPSA) is 64.6 Å². The molecule has 1 saturated heterocycles. The first kappa shape index (κ1) is 15.1. The maximum Gasteiger partial charge on any atom is 0.319 e. The Kier molecular flexibility index (Phi) is 4.75. The van der Waals surface area contributed by atoms with Crippen LogP contribution in [0.1, 0.15) is 38.5 Å². The van der Waals surface area contributed by atoms with Gasteiger partial charge in [0.1, 0.15) is 6.10 Å². The molecule has 22 heavy (non-hydrogen) atoms. The molecule has 0 atom stereocenters. The number of carbonyl (C=O) groups is 1. The number of hydrogen-bond donors (Lipinski definition) is 0. The Morgan fingerprint density at radius 2 is 1.95 bits per heavy atom. The summed E-state index contributed by atoms with van der Waals surface area (Å²) in [6.07, 6.45) is 7.96. The number of methoxy groups -OCH3 is 1. The molecule has 0 N–H and O–H groups in total. The maximum absolute atomic E-state index is 12.4. The van der Waals surface area contributed by atoms with E-state index in [1.165, 1.54) is 20.0 Å². The lowest BCUT2D eigenvalue weighted by atomic mass is 10.0. The van der Waals surface area contributed by atoms with Crippen LogP contribution in [0, 0.1) is 5.92 Å². The van der Waals surface area contributed by atoms with Gasteiger partial charge in [-0.05, 0) is 12.8 Å². The van der Waals surface area contributed by atoms with Gasteiger partial charge in [-0.25, -0.2) is 4.98 Å². The van der Waals surface area contributed by atoms with Gasteiger partial charge in [-0.1, -0.05) is 12.8 Å². The zero-order valence-electron chi connectivity index (χ0n) is 13.0. The summed E-state index contributed by atoms with van der Waals surface area (Å²) in [5.74, 6) is 1.15. The van der Waals surface area contributed by atoms with Gasteiger partial charge in [-0.3, -0.25) is 4.79 Å². The third-order valence-electron chi connectivity index (χ3n) is 4.54. The quantitative estimate of drug-likeness (QED) is 0.852. The van der Waals surface area contributed by atoms with Gasteiger partial charge in [0.25, 0.3) is 0 Å². The van der Waals surface area contributed by atoms with E-state index < -0.39 is 0 Å². The summed E-state index contributed by atoms with van der Waals surface area (Å²) in [7, 11) is 1.53. The average molecular weight is 305 g/mol. The van der Waals surface area contributed by atoms with Gasteiger partial charge >= 0.3 is 6.01 Å². The van der Waals surface area contributed by atoms with Crippen LogP contribution in [0.3, 0.4) is 0 Å². The first-order valence-electron chi connectivity index (χ1n) is 8.09. The molecule has 1 aliphatic heterocycles. The van der Waals surface area contributed by atoms with Gasteiger partial charge in [0.2, 0.25) is 11.8 Å². The van der Waals surface area contributed by atoms with Gasteiger partial charge in [0, 0.05) is 44.1 Å². The van der Waals surface area contributed by atoms with Crippen LogP contribution in [-0.4, -0.2) is 47.1 Å². The molecule has 2 fully saturated rings. The summed E-state index contributed by atoms with van der Waals surface area (Å²) in [5.41, 5.74) is 0. The number of carbonyl (C=O) groups excluding carboxylic acids is 1. The minimum atomic E-state index is 0.104. The molecule has 0 bridgehead atoms. The van der Waals surface area contributed by atoms with Gasteiger partial charge < -0.3 is 14.4 Å². The van der Waals surface area contributed by atoms with Crippen LogP contribution in [0.2, 0.25) is 0 Å². The first-order valence-corrected chi connectivity index (χ1v) is 8.09. The smallest absolute Gasteiger partial charge is 0.319 e. The molecule has 6 nitrogen and oxygen atoms in total. The zero-order chi connectivity index (χ0) is 15.4. The van der Waals surface area contributed by atoms with Crippen LogP contribution in [0.25, 0.3) is 0 Å². The van der Waals surface area contributed by atoms with E-state index in [-0.39, 0.29) is 12.0 Å². The third kappa shape index (κ3) is 3.48. The monoisotopic (exact) mass is 305 g/mol. The molecule has 1 saturated carbocycles. The Morgan fingerprint density at radius 1 is 1.23 bits per heavy atom. The number of rotatable bonds is 4. The molecule has 1 aromatic heterocycles. The van der Waals surface area contributed by atoms with E-state index in [1.54, 1.807) is 12.3 Å². The average Bonchev–Trinajstić information content (AvgIpc) is 3.09. The lowest BCUT2D eigenvalue weighted by Crippen LogP contribution is -2.44. The highest BCUT2D eigenvalue weighted by atomic mass is 16.5. The second kappa shape index (κ2) is 6.94. The normalized spacial score (nSPS) is 20.1. The van der Waals surface area contributed by atoms with Crippen molar-refractivity contribution in [2.75, 3.05) is 20.2 Å². The van der Waals surface area contributed by atoms with E-state index >= 15 is 0 Å². The Hall–Kier alpha value is -1.85. The SMILES string of the molecule is COc1nccc(OC2CCN(C(=O)C3CCCC3)CC2)n1. The summed E-state index contributed by atoms with van der Waals surface area (Å²) in [4.78, 5) is 22.5. The predicted molar refractivity (Wildman–Crippen MR) is 80.8 cm³/mol. The molecule has 1 aliphatic carbocycles. The highest BCUT2D eigenvalue weighted by Gasteiger charge is 2.30. The number of likely N-dealkylation sites (tertiary alicyclic amines) is 1. The fraction of sp³-hybridized carbons (Fsp3) is 0.688. The van der Waals surface area contributed by atoms with Crippen molar-refractivity contribution in [2.24, 2.45) is 5.92 Å². The Balaban J connectivity index is 1.49. The molecule has 6 heteroatoms. The van der Waals surface area contributed by atoms with Gasteiger partial charge in [-0.2, -0.15) is 4.98 Å². The first-order chi connectivity index (χ1) is 10.8. The second-order valence-electron chi connectivity index (χ2n) is 6.01. The molecule has 0 unspecified atom stereocenters. The van der Waals surface area contributed by atoms with Gasteiger partial charge in [0.15, 0.2) is 0 Å². The minimum absolute atomic E-state index is 0.104. The second-order valence-corrected chi connectivity index (χ2v) is 6.01. The summed E-state index contributed by atoms with van der Waals surface area (Å²) >= 11 is 0. The number of aromatic nitrogens is 2. The summed E-state index contributed by atoms with van der Waals surface area (Å²) in [6.45, 7) is 1.56.